The largest absolute Gasteiger partial charge is 0.396 e. The summed E-state index contributed by atoms with van der Waals surface area (Å²) in [6.07, 6.45) is 27.8. The molecule has 0 aromatic heterocycles. The fourth-order valence-electron chi connectivity index (χ4n) is 13.0. The zero-order valence-corrected chi connectivity index (χ0v) is 59.7. The Balaban J connectivity index is 0.000000783. The first-order valence-electron chi connectivity index (χ1n) is 34.2. The van der Waals surface area contributed by atoms with Gasteiger partial charge in [-0.3, -0.25) is 0 Å². The molecule has 0 aliphatic rings. The first kappa shape index (κ1) is 83.4. The zero-order valence-electron chi connectivity index (χ0n) is 57.9. The quantitative estimate of drug-likeness (QED) is 0.0151. The third kappa shape index (κ3) is 33.8. The first-order valence-corrected chi connectivity index (χ1v) is 36.6. The second-order valence-corrected chi connectivity index (χ2v) is 29.5. The van der Waals surface area contributed by atoms with Gasteiger partial charge in [0.2, 0.25) is 0 Å². The molecule has 12 heteroatoms. The van der Waals surface area contributed by atoms with Gasteiger partial charge >= 0.3 is 17.2 Å². The van der Waals surface area contributed by atoms with Crippen LogP contribution in [0.4, 0.5) is 0 Å². The molecule has 0 fully saturated rings. The van der Waals surface area contributed by atoms with Crippen molar-refractivity contribution < 1.29 is 49.8 Å². The molecule has 4 rings (SSSR count). The van der Waals surface area contributed by atoms with Crippen LogP contribution in [-0.4, -0.2) is 74.2 Å². The normalized spacial score (nSPS) is 13.0. The van der Waals surface area contributed by atoms with E-state index in [1.165, 1.54) is 122 Å². The number of benzene rings is 4. The molecule has 4 aromatic carbocycles. The van der Waals surface area contributed by atoms with E-state index >= 15 is 0 Å². The number of hydrogen-bond donors (Lipinski definition) is 10. The van der Waals surface area contributed by atoms with Gasteiger partial charge in [0.25, 0.3) is 0 Å². The van der Waals surface area contributed by atoms with Crippen LogP contribution < -0.4 is 0 Å². The van der Waals surface area contributed by atoms with Crippen LogP contribution in [0.25, 0.3) is 0 Å². The lowest BCUT2D eigenvalue weighted by Gasteiger charge is -2.41. The Morgan fingerprint density at radius 2 is 0.591 bits per heavy atom. The van der Waals surface area contributed by atoms with E-state index in [0.717, 1.165) is 114 Å². The number of rotatable bonds is 40. The summed E-state index contributed by atoms with van der Waals surface area (Å²) in [6.45, 7) is 32.6. The molecule has 0 saturated carbocycles. The molecule has 0 bridgehead atoms. The molecule has 2 unspecified atom stereocenters. The second-order valence-electron chi connectivity index (χ2n) is 28.4. The van der Waals surface area contributed by atoms with Gasteiger partial charge in [-0.25, -0.2) is 0 Å². The minimum Gasteiger partial charge on any atom is -0.396 e. The zero-order chi connectivity index (χ0) is 66.4. The lowest BCUT2D eigenvalue weighted by molar-refractivity contribution is -0.0136. The van der Waals surface area contributed by atoms with Crippen molar-refractivity contribution in [3.8, 4) is 0 Å². The summed E-state index contributed by atoms with van der Waals surface area (Å²) in [4.78, 5) is 43.4. The SMILES string of the molecule is Cc1ccc(C(CCCCO)C(O)(CCCCCC(C)C)CCCCCC(C)C)c(C(C)(C)c2ccccc2)c1.Cc1ccc(C(CCCCO)C(O)(CCCCCC(C)C)CCCCCC(C)C)c(C(C)(C)c2ccccc2)c1.OP(O)O.OP(O)O. The van der Waals surface area contributed by atoms with Crippen LogP contribution in [0.5, 0.6) is 0 Å². The minimum absolute atomic E-state index is 0.0628. The highest BCUT2D eigenvalue weighted by Gasteiger charge is 2.41. The molecular weight excluding hydrogens is 1130 g/mol. The average molecular weight is 1270 g/mol. The van der Waals surface area contributed by atoms with Crippen LogP contribution in [-0.2, 0) is 10.8 Å². The summed E-state index contributed by atoms with van der Waals surface area (Å²) in [5.74, 6) is 3.08. The predicted octanol–water partition coefficient (Wildman–Crippen LogP) is 19.4. The molecule has 88 heavy (non-hydrogen) atoms. The Morgan fingerprint density at radius 3 is 0.830 bits per heavy atom. The van der Waals surface area contributed by atoms with Gasteiger partial charge < -0.3 is 49.8 Å². The van der Waals surface area contributed by atoms with Crippen molar-refractivity contribution in [2.75, 3.05) is 13.2 Å². The maximum absolute atomic E-state index is 12.7. The lowest BCUT2D eigenvalue weighted by Crippen LogP contribution is -2.38. The smallest absolute Gasteiger partial charge is 0.324 e. The maximum atomic E-state index is 12.7. The third-order valence-corrected chi connectivity index (χ3v) is 18.2. The van der Waals surface area contributed by atoms with Crippen molar-refractivity contribution in [2.45, 2.75) is 298 Å². The fraction of sp³-hybridized carbons (Fsp3) is 0.684. The van der Waals surface area contributed by atoms with Gasteiger partial charge in [0.1, 0.15) is 0 Å². The Bertz CT molecular complexity index is 2130. The standard InChI is InChI=1S/2C38H62O2.2H3O3P/c2*1-30(2)19-11-9-16-26-38(40,27-17-10-12-20-31(3)4)35(23-15-18-28-39)34-25-24-32(5)29-36(34)37(6,7)33-21-13-8-14-22-33;2*1-4(2)3/h2*8,13-14,21-22,24-25,29-31,35,39-40H,9-12,15-20,23,26-28H2,1-7H3;2*1-3H. The lowest BCUT2D eigenvalue weighted by atomic mass is 9.67. The van der Waals surface area contributed by atoms with Gasteiger partial charge in [0, 0.05) is 35.9 Å². The Morgan fingerprint density at radius 1 is 0.341 bits per heavy atom. The Kier molecular flexibility index (Phi) is 43.2. The molecule has 0 aliphatic heterocycles. The number of aryl methyl sites for hydroxylation is 2. The van der Waals surface area contributed by atoms with E-state index in [0.29, 0.717) is 0 Å². The highest BCUT2D eigenvalue weighted by molar-refractivity contribution is 7.38. The summed E-state index contributed by atoms with van der Waals surface area (Å²) in [5.41, 5.74) is 8.63. The van der Waals surface area contributed by atoms with Gasteiger partial charge in [0.05, 0.1) is 11.2 Å². The molecule has 0 radical (unpaired) electrons. The van der Waals surface area contributed by atoms with Crippen molar-refractivity contribution in [3.63, 3.8) is 0 Å². The van der Waals surface area contributed by atoms with Crippen LogP contribution in [0.2, 0.25) is 0 Å². The number of unbranched alkanes of at least 4 members (excludes halogenated alkanes) is 10. The van der Waals surface area contributed by atoms with Crippen molar-refractivity contribution in [3.05, 3.63) is 142 Å². The molecule has 0 aliphatic carbocycles. The van der Waals surface area contributed by atoms with E-state index < -0.39 is 28.4 Å². The van der Waals surface area contributed by atoms with E-state index in [1.54, 1.807) is 0 Å². The molecule has 504 valence electrons. The molecule has 0 amide bonds. The molecule has 10 N–H and O–H groups in total. The average Bonchev–Trinajstić information content (AvgIpc) is 1.98. The fourth-order valence-corrected chi connectivity index (χ4v) is 13.0. The summed E-state index contributed by atoms with van der Waals surface area (Å²) >= 11 is 0. The van der Waals surface area contributed by atoms with E-state index in [4.69, 9.17) is 29.4 Å². The molecular formula is C76H130O10P2. The summed E-state index contributed by atoms with van der Waals surface area (Å²) < 4.78 is 0. The number of aliphatic hydroxyl groups is 4. The summed E-state index contributed by atoms with van der Waals surface area (Å²) in [6, 6.07) is 35.5. The van der Waals surface area contributed by atoms with E-state index in [2.05, 4.69) is 194 Å². The van der Waals surface area contributed by atoms with Crippen LogP contribution in [0.1, 0.15) is 306 Å². The topological polar surface area (TPSA) is 202 Å². The summed E-state index contributed by atoms with van der Waals surface area (Å²) in [7, 11) is -5.24. The van der Waals surface area contributed by atoms with Gasteiger partial charge in [-0.15, -0.1) is 0 Å². The number of aliphatic hydroxyl groups excluding tert-OH is 2. The number of hydrogen-bond acceptors (Lipinski definition) is 10. The predicted molar refractivity (Wildman–Crippen MR) is 376 cm³/mol. The van der Waals surface area contributed by atoms with E-state index in [1.807, 2.05) is 0 Å². The second kappa shape index (κ2) is 45.6. The third-order valence-electron chi connectivity index (χ3n) is 18.2. The molecule has 2 atom stereocenters. The minimum atomic E-state index is -2.62. The van der Waals surface area contributed by atoms with Crippen molar-refractivity contribution in [2.24, 2.45) is 23.7 Å². The van der Waals surface area contributed by atoms with Crippen LogP contribution >= 0.6 is 17.2 Å². The highest BCUT2D eigenvalue weighted by atomic mass is 31.2. The molecule has 0 saturated heterocycles. The van der Waals surface area contributed by atoms with Gasteiger partial charge in [0.15, 0.2) is 0 Å². The Hall–Kier alpha value is -2.66. The molecule has 10 nitrogen and oxygen atoms in total. The van der Waals surface area contributed by atoms with Crippen LogP contribution in [0, 0.1) is 37.5 Å². The van der Waals surface area contributed by atoms with E-state index in [-0.39, 0.29) is 35.9 Å². The monoisotopic (exact) mass is 1260 g/mol. The van der Waals surface area contributed by atoms with Crippen LogP contribution in [0.3, 0.4) is 0 Å². The van der Waals surface area contributed by atoms with Crippen molar-refractivity contribution in [1.82, 2.24) is 0 Å². The Labute approximate surface area is 540 Å². The summed E-state index contributed by atoms with van der Waals surface area (Å²) in [5, 5.41) is 44.7. The van der Waals surface area contributed by atoms with E-state index in [9.17, 15) is 20.4 Å². The van der Waals surface area contributed by atoms with Gasteiger partial charge in [-0.1, -0.05) is 307 Å². The van der Waals surface area contributed by atoms with Crippen molar-refractivity contribution in [1.29, 1.82) is 0 Å². The van der Waals surface area contributed by atoms with Gasteiger partial charge in [-0.05, 0) is 122 Å². The molecule has 0 spiro atoms. The van der Waals surface area contributed by atoms with Crippen molar-refractivity contribution >= 4 is 17.2 Å². The maximum Gasteiger partial charge on any atom is 0.324 e. The van der Waals surface area contributed by atoms with Crippen LogP contribution in [0.15, 0.2) is 97.1 Å². The van der Waals surface area contributed by atoms with Gasteiger partial charge in [-0.2, -0.15) is 0 Å². The molecule has 0 heterocycles. The highest BCUT2D eigenvalue weighted by Crippen LogP contribution is 2.48. The molecule has 4 aromatic rings. The first-order chi connectivity index (χ1) is 41.5.